The molecule has 1 amide bonds. The number of hydrogen-bond donors (Lipinski definition) is 2. The number of amides is 1. The van der Waals surface area contributed by atoms with Crippen LogP contribution in [0.15, 0.2) is 53.3 Å². The fourth-order valence-corrected chi connectivity index (χ4v) is 1.96. The van der Waals surface area contributed by atoms with Crippen LogP contribution in [-0.2, 0) is 6.54 Å². The average Bonchev–Trinajstić information content (AvgIpc) is 3.05. The van der Waals surface area contributed by atoms with E-state index in [1.54, 1.807) is 12.3 Å². The van der Waals surface area contributed by atoms with Gasteiger partial charge in [0.25, 0.3) is 5.91 Å². The Labute approximate surface area is 104 Å². The third-order valence-electron chi connectivity index (χ3n) is 2.84. The van der Waals surface area contributed by atoms with Crippen molar-refractivity contribution in [3.63, 3.8) is 0 Å². The molecule has 3 rings (SSSR count). The summed E-state index contributed by atoms with van der Waals surface area (Å²) in [5.74, 6) is 0.640. The minimum absolute atomic E-state index is 0.100. The zero-order valence-corrected chi connectivity index (χ0v) is 9.64. The number of fused-ring (bicyclic) bond motifs is 1. The van der Waals surface area contributed by atoms with Crippen molar-refractivity contribution in [2.75, 3.05) is 0 Å². The Bertz CT molecular complexity index is 668. The molecule has 0 aliphatic rings. The standard InChI is InChI=1S/C14H12N2O2/c17-14(16-9-10-3-2-8-18-10)12-4-1-5-13-11(12)6-7-15-13/h1-8,15H,9H2,(H,16,17). The zero-order valence-electron chi connectivity index (χ0n) is 9.64. The van der Waals surface area contributed by atoms with Crippen molar-refractivity contribution in [2.45, 2.75) is 6.54 Å². The largest absolute Gasteiger partial charge is 0.467 e. The van der Waals surface area contributed by atoms with E-state index in [0.29, 0.717) is 12.1 Å². The Hall–Kier alpha value is -2.49. The molecule has 18 heavy (non-hydrogen) atoms. The van der Waals surface area contributed by atoms with Crippen LogP contribution in [-0.4, -0.2) is 10.9 Å². The lowest BCUT2D eigenvalue weighted by Gasteiger charge is -2.04. The lowest BCUT2D eigenvalue weighted by atomic mass is 10.1. The highest BCUT2D eigenvalue weighted by Crippen LogP contribution is 2.17. The maximum atomic E-state index is 12.1. The Morgan fingerprint density at radius 1 is 1.22 bits per heavy atom. The van der Waals surface area contributed by atoms with Crippen LogP contribution < -0.4 is 5.32 Å². The predicted octanol–water partition coefficient (Wildman–Crippen LogP) is 2.69. The minimum atomic E-state index is -0.100. The van der Waals surface area contributed by atoms with Gasteiger partial charge < -0.3 is 14.7 Å². The number of carbonyl (C=O) groups excluding carboxylic acids is 1. The Balaban J connectivity index is 1.81. The van der Waals surface area contributed by atoms with Gasteiger partial charge in [-0.15, -0.1) is 0 Å². The summed E-state index contributed by atoms with van der Waals surface area (Å²) in [5, 5.41) is 3.76. The number of carbonyl (C=O) groups is 1. The summed E-state index contributed by atoms with van der Waals surface area (Å²) in [6, 6.07) is 11.1. The molecule has 0 aliphatic carbocycles. The lowest BCUT2D eigenvalue weighted by molar-refractivity contribution is 0.0949. The van der Waals surface area contributed by atoms with Gasteiger partial charge in [0.2, 0.25) is 0 Å². The van der Waals surface area contributed by atoms with Crippen molar-refractivity contribution in [3.05, 3.63) is 60.2 Å². The van der Waals surface area contributed by atoms with E-state index in [2.05, 4.69) is 10.3 Å². The second kappa shape index (κ2) is 4.41. The molecular weight excluding hydrogens is 228 g/mol. The number of aromatic amines is 1. The predicted molar refractivity (Wildman–Crippen MR) is 68.2 cm³/mol. The summed E-state index contributed by atoms with van der Waals surface area (Å²) in [6.07, 6.45) is 3.42. The first-order valence-corrected chi connectivity index (χ1v) is 5.71. The summed E-state index contributed by atoms with van der Waals surface area (Å²) in [4.78, 5) is 15.2. The van der Waals surface area contributed by atoms with Crippen LogP contribution in [0, 0.1) is 0 Å². The average molecular weight is 240 g/mol. The van der Waals surface area contributed by atoms with Gasteiger partial charge in [-0.2, -0.15) is 0 Å². The van der Waals surface area contributed by atoms with Crippen molar-refractivity contribution >= 4 is 16.8 Å². The van der Waals surface area contributed by atoms with E-state index in [4.69, 9.17) is 4.42 Å². The molecule has 3 aromatic rings. The Morgan fingerprint density at radius 2 is 2.17 bits per heavy atom. The van der Waals surface area contributed by atoms with E-state index < -0.39 is 0 Å². The number of rotatable bonds is 3. The smallest absolute Gasteiger partial charge is 0.252 e. The molecule has 0 spiro atoms. The molecule has 4 heteroatoms. The first kappa shape index (κ1) is 10.7. The lowest BCUT2D eigenvalue weighted by Crippen LogP contribution is -2.22. The van der Waals surface area contributed by atoms with E-state index in [0.717, 1.165) is 16.7 Å². The van der Waals surface area contributed by atoms with Crippen LogP contribution >= 0.6 is 0 Å². The molecule has 1 aromatic carbocycles. The monoisotopic (exact) mass is 240 g/mol. The molecule has 4 nitrogen and oxygen atoms in total. The van der Waals surface area contributed by atoms with Gasteiger partial charge >= 0.3 is 0 Å². The molecule has 0 aliphatic heterocycles. The van der Waals surface area contributed by atoms with Crippen LogP contribution in [0.25, 0.3) is 10.9 Å². The number of benzene rings is 1. The van der Waals surface area contributed by atoms with Crippen molar-refractivity contribution < 1.29 is 9.21 Å². The van der Waals surface area contributed by atoms with E-state index >= 15 is 0 Å². The topological polar surface area (TPSA) is 58.0 Å². The van der Waals surface area contributed by atoms with Gasteiger partial charge in [0.15, 0.2) is 0 Å². The molecule has 0 atom stereocenters. The van der Waals surface area contributed by atoms with Gasteiger partial charge in [-0.1, -0.05) is 6.07 Å². The fraction of sp³-hybridized carbons (Fsp3) is 0.0714. The van der Waals surface area contributed by atoms with E-state index in [9.17, 15) is 4.79 Å². The maximum absolute atomic E-state index is 12.1. The van der Waals surface area contributed by atoms with Gasteiger partial charge in [0, 0.05) is 22.7 Å². The fourth-order valence-electron chi connectivity index (χ4n) is 1.96. The third-order valence-corrected chi connectivity index (χ3v) is 2.84. The van der Waals surface area contributed by atoms with E-state index in [-0.39, 0.29) is 5.91 Å². The first-order valence-electron chi connectivity index (χ1n) is 5.71. The second-order valence-corrected chi connectivity index (χ2v) is 4.01. The molecule has 0 saturated heterocycles. The number of hydrogen-bond acceptors (Lipinski definition) is 2. The van der Waals surface area contributed by atoms with Crippen molar-refractivity contribution in [3.8, 4) is 0 Å². The minimum Gasteiger partial charge on any atom is -0.467 e. The highest BCUT2D eigenvalue weighted by molar-refractivity contribution is 6.06. The highest BCUT2D eigenvalue weighted by Gasteiger charge is 2.10. The Morgan fingerprint density at radius 3 is 3.00 bits per heavy atom. The molecule has 2 N–H and O–H groups in total. The normalized spacial score (nSPS) is 10.7. The zero-order chi connectivity index (χ0) is 12.4. The molecule has 2 heterocycles. The van der Waals surface area contributed by atoms with Gasteiger partial charge in [-0.25, -0.2) is 0 Å². The quantitative estimate of drug-likeness (QED) is 0.739. The maximum Gasteiger partial charge on any atom is 0.252 e. The molecular formula is C14H12N2O2. The summed E-state index contributed by atoms with van der Waals surface area (Å²) < 4.78 is 5.17. The van der Waals surface area contributed by atoms with Crippen molar-refractivity contribution in [1.29, 1.82) is 0 Å². The number of nitrogens with one attached hydrogen (secondary N) is 2. The molecule has 90 valence electrons. The van der Waals surface area contributed by atoms with Crippen molar-refractivity contribution in [2.24, 2.45) is 0 Å². The molecule has 2 aromatic heterocycles. The summed E-state index contributed by atoms with van der Waals surface area (Å²) >= 11 is 0. The van der Waals surface area contributed by atoms with Gasteiger partial charge in [-0.05, 0) is 30.3 Å². The van der Waals surface area contributed by atoms with Gasteiger partial charge in [0.1, 0.15) is 5.76 Å². The van der Waals surface area contributed by atoms with Crippen LogP contribution in [0.1, 0.15) is 16.1 Å². The number of aromatic nitrogens is 1. The number of furan rings is 1. The molecule has 0 saturated carbocycles. The van der Waals surface area contributed by atoms with Crippen LogP contribution in [0.3, 0.4) is 0 Å². The van der Waals surface area contributed by atoms with Crippen LogP contribution in [0.4, 0.5) is 0 Å². The van der Waals surface area contributed by atoms with E-state index in [1.165, 1.54) is 0 Å². The first-order chi connectivity index (χ1) is 8.84. The molecule has 0 bridgehead atoms. The highest BCUT2D eigenvalue weighted by atomic mass is 16.3. The SMILES string of the molecule is O=C(NCc1ccco1)c1cccc2[nH]ccc12. The molecule has 0 fully saturated rings. The van der Waals surface area contributed by atoms with Gasteiger partial charge in [0.05, 0.1) is 12.8 Å². The van der Waals surface area contributed by atoms with Crippen LogP contribution in [0.5, 0.6) is 0 Å². The van der Waals surface area contributed by atoms with Crippen molar-refractivity contribution in [1.82, 2.24) is 10.3 Å². The molecule has 0 unspecified atom stereocenters. The van der Waals surface area contributed by atoms with Gasteiger partial charge in [-0.3, -0.25) is 4.79 Å². The Kier molecular flexibility index (Phi) is 2.61. The summed E-state index contributed by atoms with van der Waals surface area (Å²) in [5.41, 5.74) is 1.63. The number of H-pyrrole nitrogens is 1. The summed E-state index contributed by atoms with van der Waals surface area (Å²) in [6.45, 7) is 0.395. The second-order valence-electron chi connectivity index (χ2n) is 4.01. The van der Waals surface area contributed by atoms with E-state index in [1.807, 2.05) is 36.5 Å². The molecule has 0 radical (unpaired) electrons. The summed E-state index contributed by atoms with van der Waals surface area (Å²) in [7, 11) is 0. The van der Waals surface area contributed by atoms with Crippen LogP contribution in [0.2, 0.25) is 0 Å². The third kappa shape index (κ3) is 1.88.